The van der Waals surface area contributed by atoms with Gasteiger partial charge in [-0.3, -0.25) is 4.98 Å². The molecule has 0 bridgehead atoms. The Morgan fingerprint density at radius 1 is 1.46 bits per heavy atom. The first-order valence-electron chi connectivity index (χ1n) is 6.94. The number of aliphatic hydroxyl groups is 1. The predicted octanol–water partition coefficient (Wildman–Crippen LogP) is 2.57. The zero-order valence-corrected chi connectivity index (χ0v) is 15.5. The summed E-state index contributed by atoms with van der Waals surface area (Å²) in [6.45, 7) is 0.0337. The zero-order chi connectivity index (χ0) is 17.7. The topological polar surface area (TPSA) is 80.1 Å². The lowest BCUT2D eigenvalue weighted by atomic mass is 10.2. The molecule has 0 saturated heterocycles. The van der Waals surface area contributed by atoms with Gasteiger partial charge in [0.25, 0.3) is 0 Å². The number of hydrogen-bond acceptors (Lipinski definition) is 4. The van der Waals surface area contributed by atoms with Gasteiger partial charge in [0, 0.05) is 17.8 Å². The number of nitrogens with one attached hydrogen (secondary N) is 1. The fourth-order valence-corrected chi connectivity index (χ4v) is 2.78. The van der Waals surface area contributed by atoms with Gasteiger partial charge in [0.15, 0.2) is 0 Å². The van der Waals surface area contributed by atoms with Crippen molar-refractivity contribution in [2.24, 2.45) is 0 Å². The number of nitrogens with zero attached hydrogens (tertiary/aromatic N) is 2. The van der Waals surface area contributed by atoms with Gasteiger partial charge >= 0.3 is 5.69 Å². The molecule has 9 heteroatoms. The van der Waals surface area contributed by atoms with Crippen LogP contribution in [0.15, 0.2) is 16.9 Å². The van der Waals surface area contributed by atoms with Crippen LogP contribution in [0.2, 0.25) is 10.0 Å². The summed E-state index contributed by atoms with van der Waals surface area (Å²) in [5.74, 6) is 3.08. The van der Waals surface area contributed by atoms with Crippen molar-refractivity contribution in [3.05, 3.63) is 38.5 Å². The van der Waals surface area contributed by atoms with Crippen LogP contribution in [0.5, 0.6) is 5.75 Å². The molecule has 0 amide bonds. The minimum Gasteiger partial charge on any atom is -0.479 e. The third-order valence-electron chi connectivity index (χ3n) is 3.10. The molecule has 0 spiro atoms. The molecule has 1 atom stereocenters. The maximum absolute atomic E-state index is 12.1. The van der Waals surface area contributed by atoms with Gasteiger partial charge in [-0.25, -0.2) is 4.79 Å². The van der Waals surface area contributed by atoms with Gasteiger partial charge in [0.1, 0.15) is 18.2 Å². The Balaban J connectivity index is 2.33. The van der Waals surface area contributed by atoms with Gasteiger partial charge in [-0.05, 0) is 12.5 Å². The van der Waals surface area contributed by atoms with E-state index >= 15 is 0 Å². The summed E-state index contributed by atoms with van der Waals surface area (Å²) < 4.78 is 6.45. The molecule has 128 valence electrons. The van der Waals surface area contributed by atoms with Crippen molar-refractivity contribution in [3.8, 4) is 23.8 Å². The Morgan fingerprint density at radius 3 is 2.88 bits per heavy atom. The summed E-state index contributed by atoms with van der Waals surface area (Å²) in [6.07, 6.45) is 5.53. The number of ether oxygens (including phenoxy) is 1. The van der Waals surface area contributed by atoms with E-state index in [0.717, 1.165) is 4.68 Å². The van der Waals surface area contributed by atoms with Crippen LogP contribution in [0.4, 0.5) is 0 Å². The molecule has 6 nitrogen and oxygen atoms in total. The van der Waals surface area contributed by atoms with Gasteiger partial charge in [-0.1, -0.05) is 45.1 Å². The molecule has 0 saturated carbocycles. The van der Waals surface area contributed by atoms with Crippen molar-refractivity contribution in [1.82, 2.24) is 14.8 Å². The van der Waals surface area contributed by atoms with Crippen molar-refractivity contribution in [1.29, 1.82) is 0 Å². The van der Waals surface area contributed by atoms with E-state index in [-0.39, 0.29) is 16.7 Å². The molecule has 0 radical (unpaired) electrons. The lowest BCUT2D eigenvalue weighted by Crippen LogP contribution is -2.16. The number of alkyl halides is 1. The molecular weight excluding hydrogens is 421 g/mol. The fourth-order valence-electron chi connectivity index (χ4n) is 1.93. The number of aryl methyl sites for hydroxylation is 1. The molecule has 0 aliphatic carbocycles. The number of H-pyrrole nitrogens is 1. The van der Waals surface area contributed by atoms with E-state index in [1.165, 1.54) is 12.1 Å². The minimum absolute atomic E-state index is 0.0337. The zero-order valence-electron chi connectivity index (χ0n) is 12.4. The molecule has 2 aromatic rings. The number of halogens is 3. The van der Waals surface area contributed by atoms with Crippen molar-refractivity contribution < 1.29 is 9.84 Å². The lowest BCUT2D eigenvalue weighted by Gasteiger charge is -2.09. The van der Waals surface area contributed by atoms with E-state index in [1.54, 1.807) is 0 Å². The van der Waals surface area contributed by atoms with Gasteiger partial charge in [0.05, 0.1) is 21.8 Å². The average Bonchev–Trinajstić information content (AvgIpc) is 2.92. The highest BCUT2D eigenvalue weighted by molar-refractivity contribution is 9.09. The summed E-state index contributed by atoms with van der Waals surface area (Å²) in [4.78, 5) is 14.8. The van der Waals surface area contributed by atoms with Gasteiger partial charge in [-0.15, -0.1) is 6.42 Å². The second-order valence-corrected chi connectivity index (χ2v) is 6.32. The maximum Gasteiger partial charge on any atom is 0.348 e. The minimum atomic E-state index is -0.512. The smallest absolute Gasteiger partial charge is 0.348 e. The number of aromatic nitrogens is 3. The third-order valence-corrected chi connectivity index (χ3v) is 4.44. The highest BCUT2D eigenvalue weighted by Gasteiger charge is 2.15. The molecule has 1 heterocycles. The molecule has 1 aromatic carbocycles. The number of hydrogen-bond donors (Lipinski definition) is 2. The van der Waals surface area contributed by atoms with Crippen LogP contribution in [0.1, 0.15) is 12.2 Å². The Bertz CT molecular complexity index is 813. The van der Waals surface area contributed by atoms with Crippen LogP contribution >= 0.6 is 39.1 Å². The molecule has 2 rings (SSSR count). The summed E-state index contributed by atoms with van der Waals surface area (Å²) in [5.41, 5.74) is -0.132. The standard InChI is InChI=1S/C15H14BrCl2N3O3/c1-2-5-24-13-7-12(10(17)6-11(13)18)21-15(23)19-14(20-21)4-3-9(22)8-16/h1,6-7,9,22H,3-5,8H2,(H,19,20,23). The summed E-state index contributed by atoms with van der Waals surface area (Å²) in [5, 5.41) is 14.7. The van der Waals surface area contributed by atoms with E-state index in [4.69, 9.17) is 34.4 Å². The maximum atomic E-state index is 12.1. The van der Waals surface area contributed by atoms with Crippen LogP contribution in [0.3, 0.4) is 0 Å². The first-order chi connectivity index (χ1) is 11.5. The third kappa shape index (κ3) is 4.54. The van der Waals surface area contributed by atoms with Gasteiger partial charge in [0.2, 0.25) is 0 Å². The van der Waals surface area contributed by atoms with Crippen molar-refractivity contribution >= 4 is 39.1 Å². The Labute approximate surface area is 156 Å². The van der Waals surface area contributed by atoms with Gasteiger partial charge < -0.3 is 9.84 Å². The molecule has 0 fully saturated rings. The van der Waals surface area contributed by atoms with Crippen LogP contribution in [-0.2, 0) is 6.42 Å². The first kappa shape index (κ1) is 18.9. The van der Waals surface area contributed by atoms with Crippen molar-refractivity contribution in [2.45, 2.75) is 18.9 Å². The van der Waals surface area contributed by atoms with Crippen LogP contribution in [-0.4, -0.2) is 37.9 Å². The lowest BCUT2D eigenvalue weighted by molar-refractivity contribution is 0.190. The van der Waals surface area contributed by atoms with E-state index in [0.29, 0.717) is 35.4 Å². The monoisotopic (exact) mass is 433 g/mol. The largest absolute Gasteiger partial charge is 0.479 e. The molecule has 0 aliphatic rings. The Kier molecular flexibility index (Phi) is 6.75. The molecule has 1 unspecified atom stereocenters. The molecule has 2 N–H and O–H groups in total. The van der Waals surface area contributed by atoms with E-state index in [2.05, 4.69) is 31.9 Å². The van der Waals surface area contributed by atoms with Crippen LogP contribution in [0, 0.1) is 12.3 Å². The normalized spacial score (nSPS) is 12.0. The molecule has 1 aromatic heterocycles. The van der Waals surface area contributed by atoms with Crippen LogP contribution in [0.25, 0.3) is 5.69 Å². The second kappa shape index (κ2) is 8.58. The van der Waals surface area contributed by atoms with Crippen molar-refractivity contribution in [3.63, 3.8) is 0 Å². The highest BCUT2D eigenvalue weighted by Crippen LogP contribution is 2.32. The number of aromatic amines is 1. The summed E-state index contributed by atoms with van der Waals surface area (Å²) in [7, 11) is 0. The van der Waals surface area contributed by atoms with E-state index in [9.17, 15) is 9.90 Å². The number of terminal acetylenes is 1. The van der Waals surface area contributed by atoms with E-state index in [1.807, 2.05) is 0 Å². The second-order valence-electron chi connectivity index (χ2n) is 4.86. The average molecular weight is 435 g/mol. The Morgan fingerprint density at radius 2 is 2.21 bits per heavy atom. The predicted molar refractivity (Wildman–Crippen MR) is 96.7 cm³/mol. The highest BCUT2D eigenvalue weighted by atomic mass is 79.9. The summed E-state index contributed by atoms with van der Waals surface area (Å²) in [6, 6.07) is 2.96. The summed E-state index contributed by atoms with van der Waals surface area (Å²) >= 11 is 15.4. The molecule has 0 aliphatic heterocycles. The van der Waals surface area contributed by atoms with Crippen LogP contribution < -0.4 is 10.4 Å². The molecular formula is C15H14BrCl2N3O3. The number of rotatable bonds is 7. The SMILES string of the molecule is C#CCOc1cc(-n2nc(CCC(O)CBr)[nH]c2=O)c(Cl)cc1Cl. The van der Waals surface area contributed by atoms with Gasteiger partial charge in [-0.2, -0.15) is 9.78 Å². The first-order valence-corrected chi connectivity index (χ1v) is 8.82. The quantitative estimate of drug-likeness (QED) is 0.518. The Hall–Kier alpha value is -1.46. The van der Waals surface area contributed by atoms with E-state index < -0.39 is 11.8 Å². The number of aliphatic hydroxyl groups excluding tert-OH is 1. The fraction of sp³-hybridized carbons (Fsp3) is 0.333. The number of benzene rings is 1. The van der Waals surface area contributed by atoms with Crippen molar-refractivity contribution in [2.75, 3.05) is 11.9 Å². The molecule has 24 heavy (non-hydrogen) atoms.